The molecule has 0 aliphatic carbocycles. The minimum Gasteiger partial charge on any atom is -0.477 e. The first kappa shape index (κ1) is 52.4. The molecular weight excluding hydrogens is 955 g/mol. The van der Waals surface area contributed by atoms with E-state index in [1.807, 2.05) is 140 Å². The molecule has 13 heteroatoms. The number of hydrogen-bond acceptors (Lipinski definition) is 9. The van der Waals surface area contributed by atoms with E-state index in [-0.39, 0.29) is 0 Å². The molecule has 4 N–H and O–H groups in total. The van der Waals surface area contributed by atoms with Gasteiger partial charge in [-0.25, -0.2) is 19.2 Å². The molecule has 0 saturated heterocycles. The second-order valence-electron chi connectivity index (χ2n) is 16.9. The van der Waals surface area contributed by atoms with Crippen molar-refractivity contribution < 1.29 is 39.6 Å². The summed E-state index contributed by atoms with van der Waals surface area (Å²) >= 11 is 0. The van der Waals surface area contributed by atoms with Crippen LogP contribution in [-0.2, 0) is 19.2 Å². The first-order valence-corrected chi connectivity index (χ1v) is 23.0. The van der Waals surface area contributed by atoms with Crippen LogP contribution in [0, 0.1) is 52.2 Å². The number of hydrogen-bond donors (Lipinski definition) is 4. The number of carbonyl (C=O) groups is 4. The molecule has 0 fully saturated rings. The molecule has 0 radical (unpaired) electrons. The molecule has 0 heterocycles. The van der Waals surface area contributed by atoms with Gasteiger partial charge in [0.1, 0.15) is 46.6 Å². The van der Waals surface area contributed by atoms with Crippen LogP contribution >= 0.6 is 0 Å². The molecule has 7 aromatic carbocycles. The van der Waals surface area contributed by atoms with Gasteiger partial charge < -0.3 is 25.3 Å². The summed E-state index contributed by atoms with van der Waals surface area (Å²) in [5, 5.41) is 74.9. The molecule has 0 atom stereocenters. The predicted octanol–water partition coefficient (Wildman–Crippen LogP) is 12.6. The van der Waals surface area contributed by atoms with E-state index < -0.39 is 46.2 Å². The number of benzene rings is 7. The van der Waals surface area contributed by atoms with Crippen molar-refractivity contribution in [2.75, 3.05) is 4.90 Å². The number of nitrogens with zero attached hydrogens (tertiary/aromatic N) is 5. The molecule has 0 bridgehead atoms. The van der Waals surface area contributed by atoms with E-state index in [1.54, 1.807) is 72.8 Å². The molecule has 0 unspecified atom stereocenters. The Bertz CT molecular complexity index is 3340. The Balaban J connectivity index is 1.27. The van der Waals surface area contributed by atoms with E-state index in [9.17, 15) is 60.7 Å². The SMILES string of the molecule is Cc1ccc(N(c2ccc(C=C(c3ccc(/C=C(\C#N)C(=O)O)cc3)c3ccc(/C=C(\C#N)C(=O)O)cc3)cc2)c2ccc(C=C(c3ccc(/C=C(\C#N)C(=O)O)cc3)c3ccc(/C=C(\C#N)C(=O)O)cc3)cc2)cc1. The number of nitriles is 4. The normalized spacial score (nSPS) is 11.4. The number of anilines is 3. The zero-order valence-corrected chi connectivity index (χ0v) is 40.3. The van der Waals surface area contributed by atoms with E-state index in [2.05, 4.69) is 4.90 Å². The van der Waals surface area contributed by atoms with E-state index >= 15 is 0 Å². The molecule has 0 aliphatic heterocycles. The Morgan fingerprint density at radius 2 is 0.526 bits per heavy atom. The molecule has 0 amide bonds. The van der Waals surface area contributed by atoms with Gasteiger partial charge in [0.2, 0.25) is 0 Å². The third-order valence-corrected chi connectivity index (χ3v) is 11.8. The summed E-state index contributed by atoms with van der Waals surface area (Å²) in [6, 6.07) is 58.9. The maximum absolute atomic E-state index is 11.5. The highest BCUT2D eigenvalue weighted by Crippen LogP contribution is 2.37. The van der Waals surface area contributed by atoms with E-state index in [1.165, 1.54) is 24.3 Å². The van der Waals surface area contributed by atoms with E-state index in [0.29, 0.717) is 22.3 Å². The van der Waals surface area contributed by atoms with Crippen LogP contribution in [0.4, 0.5) is 17.1 Å². The summed E-state index contributed by atoms with van der Waals surface area (Å²) in [5.74, 6) is -5.36. The minimum atomic E-state index is -1.34. The minimum absolute atomic E-state index is 0.413. The largest absolute Gasteiger partial charge is 0.477 e. The van der Waals surface area contributed by atoms with Crippen LogP contribution in [-0.4, -0.2) is 44.3 Å². The Morgan fingerprint density at radius 1 is 0.329 bits per heavy atom. The number of carboxylic acids is 4. The highest BCUT2D eigenvalue weighted by Gasteiger charge is 2.16. The summed E-state index contributed by atoms with van der Waals surface area (Å²) < 4.78 is 0. The molecule has 0 saturated carbocycles. The lowest BCUT2D eigenvalue weighted by molar-refractivity contribution is -0.133. The average molecular weight is 996 g/mol. The van der Waals surface area contributed by atoms with Crippen LogP contribution in [0.5, 0.6) is 0 Å². The average Bonchev–Trinajstić information content (AvgIpc) is 3.43. The molecule has 366 valence electrons. The summed E-state index contributed by atoms with van der Waals surface area (Å²) in [4.78, 5) is 48.2. The van der Waals surface area contributed by atoms with Gasteiger partial charge in [0.05, 0.1) is 0 Å². The van der Waals surface area contributed by atoms with Crippen LogP contribution in [0.15, 0.2) is 192 Å². The van der Waals surface area contributed by atoms with Gasteiger partial charge in [0, 0.05) is 17.1 Å². The molecule has 0 aliphatic rings. The Kier molecular flexibility index (Phi) is 16.7. The fourth-order valence-electron chi connectivity index (χ4n) is 7.85. The molecule has 0 spiro atoms. The van der Waals surface area contributed by atoms with Gasteiger partial charge in [-0.2, -0.15) is 21.0 Å². The maximum atomic E-state index is 11.5. The lowest BCUT2D eigenvalue weighted by Crippen LogP contribution is -2.09. The summed E-state index contributed by atoms with van der Waals surface area (Å²) in [6.07, 6.45) is 9.11. The third-order valence-electron chi connectivity index (χ3n) is 11.8. The van der Waals surface area contributed by atoms with Gasteiger partial charge in [0.25, 0.3) is 0 Å². The summed E-state index contributed by atoms with van der Waals surface area (Å²) in [7, 11) is 0. The molecule has 7 aromatic rings. The summed E-state index contributed by atoms with van der Waals surface area (Å²) in [6.45, 7) is 2.01. The fourth-order valence-corrected chi connectivity index (χ4v) is 7.85. The number of aliphatic carboxylic acids is 4. The number of carboxylic acid groups (broad SMARTS) is 4. The highest BCUT2D eigenvalue weighted by atomic mass is 16.4. The van der Waals surface area contributed by atoms with Gasteiger partial charge in [-0.1, -0.05) is 139 Å². The molecule has 13 nitrogen and oxygen atoms in total. The van der Waals surface area contributed by atoms with Crippen molar-refractivity contribution >= 4 is 88.5 Å². The Labute approximate surface area is 436 Å². The maximum Gasteiger partial charge on any atom is 0.346 e. The highest BCUT2D eigenvalue weighted by molar-refractivity contribution is 6.00. The predicted molar refractivity (Wildman–Crippen MR) is 290 cm³/mol. The molecule has 7 rings (SSSR count). The van der Waals surface area contributed by atoms with Gasteiger partial charge in [0.15, 0.2) is 0 Å². The second-order valence-corrected chi connectivity index (χ2v) is 16.9. The zero-order valence-electron chi connectivity index (χ0n) is 40.3. The van der Waals surface area contributed by atoms with E-state index in [4.69, 9.17) is 0 Å². The van der Waals surface area contributed by atoms with Crippen LogP contribution in [0.2, 0.25) is 0 Å². The van der Waals surface area contributed by atoms with Crippen LogP contribution in [0.25, 0.3) is 47.6 Å². The molecular formula is C63H41N5O8. The lowest BCUT2D eigenvalue weighted by Gasteiger charge is -2.26. The standard InChI is InChI=1S/C63H41N5O8/c1-40-2-24-55(25-3-40)68(56-26-12-45(13-27-56)34-58(47-16-4-41(5-17-47)30-51(36-64)60(69)70)48-18-6-42(7-19-48)31-52(37-65)61(71)72)57-28-14-46(15-29-57)35-59(49-20-8-43(9-21-49)32-53(38-66)62(73)74)50-22-10-44(11-23-50)33-54(39-67)63(75)76/h2-35H,1H3,(H,69,70)(H,71,72)(H,73,74)(H,75,76)/b51-30+,52-31+,53-32+,54-33+. The first-order chi connectivity index (χ1) is 36.7. The quantitative estimate of drug-likeness (QED) is 0.0377. The Morgan fingerprint density at radius 3 is 0.737 bits per heavy atom. The van der Waals surface area contributed by atoms with Crippen LogP contribution in [0.3, 0.4) is 0 Å². The Hall–Kier alpha value is -11.4. The first-order valence-electron chi connectivity index (χ1n) is 23.0. The van der Waals surface area contributed by atoms with Crippen LogP contribution < -0.4 is 4.90 Å². The van der Waals surface area contributed by atoms with Crippen molar-refractivity contribution in [1.29, 1.82) is 21.0 Å². The van der Waals surface area contributed by atoms with Gasteiger partial charge in [-0.3, -0.25) is 0 Å². The van der Waals surface area contributed by atoms with Crippen molar-refractivity contribution in [1.82, 2.24) is 0 Å². The monoisotopic (exact) mass is 995 g/mol. The van der Waals surface area contributed by atoms with E-state index in [0.717, 1.165) is 67.2 Å². The summed E-state index contributed by atoms with van der Waals surface area (Å²) in [5.41, 5.74) is 10.3. The third kappa shape index (κ3) is 13.1. The molecule has 76 heavy (non-hydrogen) atoms. The van der Waals surface area contributed by atoms with Crippen LogP contribution in [0.1, 0.15) is 61.2 Å². The van der Waals surface area contributed by atoms with Crippen molar-refractivity contribution in [2.24, 2.45) is 0 Å². The lowest BCUT2D eigenvalue weighted by atomic mass is 9.93. The number of aryl methyl sites for hydroxylation is 1. The van der Waals surface area contributed by atoms with Crippen molar-refractivity contribution in [3.05, 3.63) is 253 Å². The smallest absolute Gasteiger partial charge is 0.346 e. The van der Waals surface area contributed by atoms with Gasteiger partial charge in [-0.15, -0.1) is 0 Å². The topological polar surface area (TPSA) is 248 Å². The van der Waals surface area contributed by atoms with Crippen molar-refractivity contribution in [3.8, 4) is 24.3 Å². The zero-order chi connectivity index (χ0) is 54.3. The van der Waals surface area contributed by atoms with Gasteiger partial charge >= 0.3 is 23.9 Å². The fraction of sp³-hybridized carbons (Fsp3) is 0.0159. The number of rotatable bonds is 17. The van der Waals surface area contributed by atoms with Gasteiger partial charge in [-0.05, 0) is 147 Å². The van der Waals surface area contributed by atoms with Crippen molar-refractivity contribution in [2.45, 2.75) is 6.92 Å². The van der Waals surface area contributed by atoms with Crippen molar-refractivity contribution in [3.63, 3.8) is 0 Å². The molecule has 0 aromatic heterocycles. The second kappa shape index (κ2) is 24.2.